The first-order valence-electron chi connectivity index (χ1n) is 30.8. The number of hydrogen-bond acceptors (Lipinski definition) is 12. The molecule has 0 saturated carbocycles. The van der Waals surface area contributed by atoms with Gasteiger partial charge in [-0.15, -0.1) is 0 Å². The van der Waals surface area contributed by atoms with E-state index in [2.05, 4.69) is 21.3 Å². The van der Waals surface area contributed by atoms with E-state index < -0.39 is 155 Å². The van der Waals surface area contributed by atoms with Crippen molar-refractivity contribution in [2.75, 3.05) is 55.9 Å². The van der Waals surface area contributed by atoms with Crippen molar-refractivity contribution < 1.29 is 57.5 Å². The molecule has 0 aromatic carbocycles. The summed E-state index contributed by atoms with van der Waals surface area (Å²) in [6.45, 7) is 32.2. The Hall–Kier alpha value is -5.87. The van der Waals surface area contributed by atoms with Crippen LogP contribution in [0.2, 0.25) is 0 Å². The minimum absolute atomic E-state index is 0.124. The van der Waals surface area contributed by atoms with Gasteiger partial charge in [-0.25, -0.2) is 0 Å². The third kappa shape index (κ3) is 19.6. The molecule has 85 heavy (non-hydrogen) atoms. The Morgan fingerprint density at radius 1 is 0.376 bits per heavy atom. The lowest BCUT2D eigenvalue weighted by Gasteiger charge is -2.41. The van der Waals surface area contributed by atoms with Crippen LogP contribution >= 0.6 is 0 Å². The Morgan fingerprint density at radius 2 is 0.741 bits per heavy atom. The minimum Gasteiger partial charge on any atom is -0.375 e. The van der Waals surface area contributed by atoms with Crippen LogP contribution in [0.15, 0.2) is 0 Å². The molecule has 23 nitrogen and oxygen atoms in total. The lowest BCUT2D eigenvalue weighted by Crippen LogP contribution is -2.64. The highest BCUT2D eigenvalue weighted by atomic mass is 16.5. The predicted octanol–water partition coefficient (Wildman–Crippen LogP) is 3.37. The van der Waals surface area contributed by atoms with Gasteiger partial charge in [0.05, 0.1) is 6.10 Å². The Kier molecular flexibility index (Phi) is 29.0. The molecule has 0 radical (unpaired) electrons. The summed E-state index contributed by atoms with van der Waals surface area (Å²) in [4.78, 5) is 170. The van der Waals surface area contributed by atoms with E-state index in [-0.39, 0.29) is 55.3 Å². The zero-order chi connectivity index (χ0) is 65.7. The lowest BCUT2D eigenvalue weighted by molar-refractivity contribution is -0.157. The van der Waals surface area contributed by atoms with Gasteiger partial charge < -0.3 is 60.3 Å². The van der Waals surface area contributed by atoms with Gasteiger partial charge in [0.25, 0.3) is 0 Å². The van der Waals surface area contributed by atoms with Crippen molar-refractivity contribution in [2.24, 2.45) is 47.3 Å². The third-order valence-corrected chi connectivity index (χ3v) is 16.9. The summed E-state index contributed by atoms with van der Waals surface area (Å²) < 4.78 is 6.20. The Balaban J connectivity index is 2.98. The van der Waals surface area contributed by atoms with Crippen LogP contribution in [0.4, 0.5) is 0 Å². The summed E-state index contributed by atoms with van der Waals surface area (Å²) in [5.74, 6) is -9.22. The quantitative estimate of drug-likeness (QED) is 0.219. The van der Waals surface area contributed by atoms with Gasteiger partial charge in [-0.3, -0.25) is 52.7 Å². The molecule has 23 heteroatoms. The molecule has 2 saturated heterocycles. The second kappa shape index (κ2) is 32.8. The Labute approximate surface area is 508 Å². The van der Waals surface area contributed by atoms with Crippen molar-refractivity contribution >= 4 is 65.0 Å². The van der Waals surface area contributed by atoms with Gasteiger partial charge in [-0.05, 0) is 100 Å². The van der Waals surface area contributed by atoms with E-state index in [1.807, 2.05) is 62.3 Å². The zero-order valence-electron chi connectivity index (χ0n) is 56.3. The molecule has 2 aliphatic rings. The molecule has 0 aliphatic carbocycles. The highest BCUT2D eigenvalue weighted by Gasteiger charge is 2.48. The van der Waals surface area contributed by atoms with Crippen molar-refractivity contribution in [3.63, 3.8) is 0 Å². The number of hydrogen-bond donors (Lipinski definition) is 4. The molecule has 0 unspecified atom stereocenters. The van der Waals surface area contributed by atoms with Gasteiger partial charge >= 0.3 is 0 Å². The first kappa shape index (κ1) is 75.2. The van der Waals surface area contributed by atoms with Crippen molar-refractivity contribution in [3.05, 3.63) is 0 Å². The van der Waals surface area contributed by atoms with Gasteiger partial charge in [0, 0.05) is 55.9 Å². The largest absolute Gasteiger partial charge is 0.375 e. The van der Waals surface area contributed by atoms with E-state index in [1.165, 1.54) is 104 Å². The van der Waals surface area contributed by atoms with E-state index >= 15 is 14.4 Å². The molecular formula is C62H111N11O12. The van der Waals surface area contributed by atoms with Crippen molar-refractivity contribution in [3.8, 4) is 0 Å². The van der Waals surface area contributed by atoms with Crippen LogP contribution in [0, 0.1) is 47.3 Å². The molecule has 0 spiro atoms. The van der Waals surface area contributed by atoms with Gasteiger partial charge in [-0.2, -0.15) is 0 Å². The van der Waals surface area contributed by atoms with Gasteiger partial charge in [0.2, 0.25) is 65.0 Å². The second-order valence-corrected chi connectivity index (χ2v) is 27.1. The smallest absolute Gasteiger partial charge is 0.246 e. The van der Waals surface area contributed by atoms with Crippen LogP contribution in [0.1, 0.15) is 157 Å². The van der Waals surface area contributed by atoms with Crippen molar-refractivity contribution in [2.45, 2.75) is 229 Å². The number of carbonyl (C=O) groups is 11. The third-order valence-electron chi connectivity index (χ3n) is 16.9. The maximum Gasteiger partial charge on any atom is 0.246 e. The number of rotatable bonds is 12. The van der Waals surface area contributed by atoms with Crippen molar-refractivity contribution in [1.29, 1.82) is 0 Å². The normalized spacial score (nSPS) is 29.7. The fourth-order valence-corrected chi connectivity index (χ4v) is 11.3. The van der Waals surface area contributed by atoms with Crippen LogP contribution in [0.5, 0.6) is 0 Å². The lowest BCUT2D eigenvalue weighted by atomic mass is 9.92. The average molecular weight is 1200 g/mol. The van der Waals surface area contributed by atoms with Gasteiger partial charge in [0.1, 0.15) is 66.5 Å². The van der Waals surface area contributed by atoms with Crippen LogP contribution in [0.25, 0.3) is 0 Å². The molecule has 11 amide bonds. The second-order valence-electron chi connectivity index (χ2n) is 27.1. The number of nitrogens with one attached hydrogen (secondary N) is 4. The van der Waals surface area contributed by atoms with E-state index in [1.54, 1.807) is 41.5 Å². The fraction of sp³-hybridized carbons (Fsp3) is 0.823. The predicted molar refractivity (Wildman–Crippen MR) is 327 cm³/mol. The molecule has 486 valence electrons. The fourth-order valence-electron chi connectivity index (χ4n) is 11.3. The summed E-state index contributed by atoms with van der Waals surface area (Å²) in [6.07, 6.45) is 0.438. The van der Waals surface area contributed by atoms with E-state index in [4.69, 9.17) is 4.74 Å². The van der Waals surface area contributed by atoms with Crippen LogP contribution in [-0.2, 0) is 57.5 Å². The summed E-state index contributed by atoms with van der Waals surface area (Å²) in [5.41, 5.74) is 0. The zero-order valence-corrected chi connectivity index (χ0v) is 56.3. The minimum atomic E-state index is -1.30. The average Bonchev–Trinajstić information content (AvgIpc) is 3.95. The molecule has 13 atom stereocenters. The first-order chi connectivity index (χ1) is 39.1. The molecule has 2 rings (SSSR count). The summed E-state index contributed by atoms with van der Waals surface area (Å²) in [7, 11) is 10.2. The van der Waals surface area contributed by atoms with E-state index in [0.717, 1.165) is 0 Å². The molecular weight excluding hydrogens is 1090 g/mol. The highest BCUT2D eigenvalue weighted by Crippen LogP contribution is 2.29. The summed E-state index contributed by atoms with van der Waals surface area (Å²) in [5, 5.41) is 11.2. The van der Waals surface area contributed by atoms with Crippen LogP contribution in [-0.4, -0.2) is 228 Å². The van der Waals surface area contributed by atoms with Crippen LogP contribution < -0.4 is 21.3 Å². The number of nitrogens with zero attached hydrogens (tertiary/aromatic N) is 7. The summed E-state index contributed by atoms with van der Waals surface area (Å²) >= 11 is 0. The molecule has 4 N–H and O–H groups in total. The molecule has 2 aliphatic heterocycles. The summed E-state index contributed by atoms with van der Waals surface area (Å²) in [6, 6.07) is -13.0. The maximum absolute atomic E-state index is 15.2. The highest BCUT2D eigenvalue weighted by molar-refractivity contribution is 6.00. The Morgan fingerprint density at radius 3 is 1.15 bits per heavy atom. The van der Waals surface area contributed by atoms with E-state index in [0.29, 0.717) is 13.0 Å². The molecule has 0 bridgehead atoms. The van der Waals surface area contributed by atoms with Gasteiger partial charge in [-0.1, -0.05) is 104 Å². The first-order valence-corrected chi connectivity index (χ1v) is 30.8. The van der Waals surface area contributed by atoms with E-state index in [9.17, 15) is 38.4 Å². The standard InChI is InChI=1S/C62H111N11O12/c1-32(2)28-43-53(75)63-40(16)52(74)64-41(17)56(78)70(22)45(30-34(5)6)58(80)71(23)46(31-35(7)8)59(81)72(24)49(38(13)14)62(84)73(25)50(51-39(15)26-27-85-51)55(77)66-47(36(9)10)60(82)67(19)42(18)57(79)68(20)44(29-33(3)4)54(76)65-48(37(11)12)61(83)69(43)21/h32-51H,26-31H2,1-25H3,(H,63,75)(H,64,74)(H,65,76)(H,66,77)/t39-,40-,41+,42-,43-,44+,45-,46-,47-,48-,49-,50-,51-/m1/s1. The monoisotopic (exact) mass is 1200 g/mol. The number of carbonyl (C=O) groups excluding carboxylic acids is 11. The maximum atomic E-state index is 15.2. The number of amides is 11. The number of ether oxygens (including phenoxy) is 1. The molecule has 0 aromatic rings. The Bertz CT molecular complexity index is 2340. The van der Waals surface area contributed by atoms with Crippen molar-refractivity contribution in [1.82, 2.24) is 55.6 Å². The van der Waals surface area contributed by atoms with Gasteiger partial charge in [0.15, 0.2) is 0 Å². The SMILES string of the molecule is CC(C)C[C@@H]1C(=O)N(C)[C@H](CC(C)C)C(=O)N(C)[C@H](C(C)C)C(=O)N(C)[C@H]([C@@H]2OCC[C@H]2C)C(=O)N[C@H](C(C)C)C(=O)N(C)[C@H](C)C(=O)N(C)[C@@H](CC(C)C)C(=O)N[C@H](C(C)C)C(=O)N(C)[C@H](CC(C)C)C(=O)N[C@H](C)C(=O)N[C@@H](C)C(=O)N1C. The number of likely N-dealkylation sites (N-methyl/N-ethyl adjacent to an activating group) is 7. The molecule has 0 aromatic heterocycles. The topological polar surface area (TPSA) is 268 Å². The molecule has 2 fully saturated rings. The van der Waals surface area contributed by atoms with Crippen LogP contribution in [0.3, 0.4) is 0 Å². The molecule has 2 heterocycles.